The largest absolute Gasteiger partial charge is 0.466 e. The molecule has 1 aliphatic rings. The number of esters is 1. The number of nitrogens with zero attached hydrogens (tertiary/aromatic N) is 3. The highest BCUT2D eigenvalue weighted by molar-refractivity contribution is 8.00. The molecule has 9 heteroatoms. The van der Waals surface area contributed by atoms with Crippen molar-refractivity contribution in [1.82, 2.24) is 14.5 Å². The molecule has 0 saturated carbocycles. The molecule has 1 fully saturated rings. The van der Waals surface area contributed by atoms with Gasteiger partial charge in [-0.25, -0.2) is 9.37 Å². The van der Waals surface area contributed by atoms with Crippen molar-refractivity contribution in [3.63, 3.8) is 0 Å². The monoisotopic (exact) mass is 497 g/mol. The lowest BCUT2D eigenvalue weighted by Gasteiger charge is -2.32. The van der Waals surface area contributed by atoms with Crippen LogP contribution in [0.3, 0.4) is 0 Å². The first-order chi connectivity index (χ1) is 16.8. The summed E-state index contributed by atoms with van der Waals surface area (Å²) in [5.41, 5.74) is 1.02. The number of amides is 1. The number of hydrogen-bond donors (Lipinski definition) is 0. The topological polar surface area (TPSA) is 81.5 Å². The van der Waals surface area contributed by atoms with Crippen LogP contribution >= 0.6 is 11.8 Å². The number of carbonyl (C=O) groups is 2. The van der Waals surface area contributed by atoms with Gasteiger partial charge in [-0.05, 0) is 63.4 Å². The van der Waals surface area contributed by atoms with Crippen LogP contribution in [0.15, 0.2) is 52.4 Å². The van der Waals surface area contributed by atoms with Crippen molar-refractivity contribution >= 4 is 34.5 Å². The molecule has 1 amide bonds. The van der Waals surface area contributed by atoms with E-state index < -0.39 is 11.1 Å². The fraction of sp³-hybridized carbons (Fsp3) is 0.385. The quantitative estimate of drug-likeness (QED) is 0.290. The van der Waals surface area contributed by atoms with Crippen LogP contribution in [0.25, 0.3) is 16.6 Å². The number of carbonyl (C=O) groups excluding carboxylic acids is 2. The maximum absolute atomic E-state index is 14.4. The molecule has 1 saturated heterocycles. The molecule has 0 bridgehead atoms. The second-order valence-electron chi connectivity index (χ2n) is 8.60. The molecule has 35 heavy (non-hydrogen) atoms. The summed E-state index contributed by atoms with van der Waals surface area (Å²) in [4.78, 5) is 45.0. The van der Waals surface area contributed by atoms with E-state index in [2.05, 4.69) is 4.98 Å². The third-order valence-corrected chi connectivity index (χ3v) is 7.25. The van der Waals surface area contributed by atoms with Gasteiger partial charge in [0.2, 0.25) is 5.91 Å². The van der Waals surface area contributed by atoms with Gasteiger partial charge in [-0.1, -0.05) is 30.0 Å². The van der Waals surface area contributed by atoms with Crippen LogP contribution < -0.4 is 5.56 Å². The van der Waals surface area contributed by atoms with Gasteiger partial charge in [0.1, 0.15) is 5.82 Å². The molecule has 0 unspecified atom stereocenters. The zero-order valence-corrected chi connectivity index (χ0v) is 20.8. The van der Waals surface area contributed by atoms with E-state index in [0.717, 1.165) is 0 Å². The highest BCUT2D eigenvalue weighted by atomic mass is 32.2. The van der Waals surface area contributed by atoms with Crippen molar-refractivity contribution in [1.29, 1.82) is 0 Å². The van der Waals surface area contributed by atoms with E-state index in [1.807, 2.05) is 0 Å². The Bertz CT molecular complexity index is 1320. The summed E-state index contributed by atoms with van der Waals surface area (Å²) in [5.74, 6) is -0.920. The molecular weight excluding hydrogens is 469 g/mol. The Morgan fingerprint density at radius 3 is 2.60 bits per heavy atom. The Kier molecular flexibility index (Phi) is 7.54. The lowest BCUT2D eigenvalue weighted by molar-refractivity contribution is -0.151. The number of rotatable bonds is 6. The predicted octanol–water partition coefficient (Wildman–Crippen LogP) is 4.12. The van der Waals surface area contributed by atoms with E-state index in [4.69, 9.17) is 4.74 Å². The van der Waals surface area contributed by atoms with Crippen molar-refractivity contribution in [2.24, 2.45) is 5.92 Å². The van der Waals surface area contributed by atoms with E-state index in [0.29, 0.717) is 59.8 Å². The third-order valence-electron chi connectivity index (χ3n) is 6.22. The Labute approximate surface area is 207 Å². The van der Waals surface area contributed by atoms with Gasteiger partial charge in [0, 0.05) is 13.1 Å². The number of aromatic nitrogens is 2. The van der Waals surface area contributed by atoms with Crippen LogP contribution in [0, 0.1) is 18.7 Å². The molecule has 1 aromatic heterocycles. The summed E-state index contributed by atoms with van der Waals surface area (Å²) in [7, 11) is 0. The highest BCUT2D eigenvalue weighted by Crippen LogP contribution is 2.28. The minimum atomic E-state index is -0.538. The number of benzene rings is 2. The average molecular weight is 498 g/mol. The van der Waals surface area contributed by atoms with Gasteiger partial charge in [0.25, 0.3) is 5.56 Å². The first kappa shape index (κ1) is 24.9. The van der Waals surface area contributed by atoms with Crippen molar-refractivity contribution in [3.8, 4) is 5.69 Å². The van der Waals surface area contributed by atoms with Gasteiger partial charge in [0.05, 0.1) is 34.4 Å². The van der Waals surface area contributed by atoms with Crippen molar-refractivity contribution in [2.75, 3.05) is 19.7 Å². The standard InChI is InChI=1S/C26H28FN3O4S/c1-4-34-25(33)18-11-13-29(14-12-18)23(31)17(3)35-26-28-22-8-6-5-7-20(22)24(32)30(26)19-10-9-16(2)21(27)15-19/h5-10,15,17-18H,4,11-14H2,1-3H3/t17-/m1/s1. The summed E-state index contributed by atoms with van der Waals surface area (Å²) >= 11 is 1.17. The van der Waals surface area contributed by atoms with Crippen LogP contribution in [0.4, 0.5) is 4.39 Å². The Hall–Kier alpha value is -3.20. The molecule has 0 aliphatic carbocycles. The summed E-state index contributed by atoms with van der Waals surface area (Å²) in [6.45, 7) is 6.48. The van der Waals surface area contributed by atoms with E-state index in [-0.39, 0.29) is 23.4 Å². The van der Waals surface area contributed by atoms with Gasteiger partial charge in [-0.3, -0.25) is 19.0 Å². The van der Waals surface area contributed by atoms with Crippen LogP contribution in [-0.4, -0.2) is 51.3 Å². The van der Waals surface area contributed by atoms with Crippen LogP contribution in [0.1, 0.15) is 32.3 Å². The van der Waals surface area contributed by atoms with Crippen molar-refractivity contribution < 1.29 is 18.7 Å². The van der Waals surface area contributed by atoms with Gasteiger partial charge in [-0.15, -0.1) is 0 Å². The molecular formula is C26H28FN3O4S. The number of thioether (sulfide) groups is 1. The number of hydrogen-bond acceptors (Lipinski definition) is 6. The second kappa shape index (κ2) is 10.6. The number of fused-ring (bicyclic) bond motifs is 1. The second-order valence-corrected chi connectivity index (χ2v) is 9.91. The molecule has 1 aliphatic heterocycles. The predicted molar refractivity (Wildman–Crippen MR) is 133 cm³/mol. The van der Waals surface area contributed by atoms with E-state index in [1.165, 1.54) is 22.4 Å². The minimum absolute atomic E-state index is 0.0960. The fourth-order valence-corrected chi connectivity index (χ4v) is 5.21. The van der Waals surface area contributed by atoms with Gasteiger partial charge >= 0.3 is 5.97 Å². The van der Waals surface area contributed by atoms with E-state index in [9.17, 15) is 18.8 Å². The molecule has 1 atom stereocenters. The average Bonchev–Trinajstić information content (AvgIpc) is 2.86. The molecule has 0 N–H and O–H groups in total. The Morgan fingerprint density at radius 1 is 1.20 bits per heavy atom. The summed E-state index contributed by atoms with van der Waals surface area (Å²) in [6, 6.07) is 11.6. The van der Waals surface area contributed by atoms with Crippen LogP contribution in [-0.2, 0) is 14.3 Å². The SMILES string of the molecule is CCOC(=O)C1CCN(C(=O)[C@@H](C)Sc2nc3ccccc3c(=O)n2-c2ccc(C)c(F)c2)CC1. The number of halogens is 1. The molecule has 7 nitrogen and oxygen atoms in total. The van der Waals surface area contributed by atoms with Gasteiger partial charge in [0.15, 0.2) is 5.16 Å². The zero-order chi connectivity index (χ0) is 25.1. The number of ether oxygens (including phenoxy) is 1. The van der Waals surface area contributed by atoms with E-state index in [1.54, 1.807) is 62.1 Å². The number of piperidine rings is 1. The first-order valence-electron chi connectivity index (χ1n) is 11.7. The molecule has 2 heterocycles. The first-order valence-corrected chi connectivity index (χ1v) is 12.6. The molecule has 2 aromatic carbocycles. The zero-order valence-electron chi connectivity index (χ0n) is 20.0. The van der Waals surface area contributed by atoms with Gasteiger partial charge < -0.3 is 9.64 Å². The third kappa shape index (κ3) is 5.24. The lowest BCUT2D eigenvalue weighted by Crippen LogP contribution is -2.43. The van der Waals surface area contributed by atoms with Crippen molar-refractivity contribution in [2.45, 2.75) is 44.0 Å². The number of aryl methyl sites for hydroxylation is 1. The minimum Gasteiger partial charge on any atom is -0.466 e. The normalized spacial score (nSPS) is 15.3. The smallest absolute Gasteiger partial charge is 0.309 e. The number of likely N-dealkylation sites (tertiary alicyclic amines) is 1. The lowest BCUT2D eigenvalue weighted by atomic mass is 9.97. The highest BCUT2D eigenvalue weighted by Gasteiger charge is 2.31. The maximum Gasteiger partial charge on any atom is 0.309 e. The van der Waals surface area contributed by atoms with Crippen LogP contribution in [0.2, 0.25) is 0 Å². The molecule has 4 rings (SSSR count). The molecule has 184 valence electrons. The van der Waals surface area contributed by atoms with Crippen molar-refractivity contribution in [3.05, 3.63) is 64.2 Å². The molecule has 0 spiro atoms. The summed E-state index contributed by atoms with van der Waals surface area (Å²) in [6.07, 6.45) is 1.12. The molecule has 0 radical (unpaired) electrons. The Balaban J connectivity index is 1.61. The maximum atomic E-state index is 14.4. The van der Waals surface area contributed by atoms with Gasteiger partial charge in [-0.2, -0.15) is 0 Å². The summed E-state index contributed by atoms with van der Waals surface area (Å²) < 4.78 is 20.9. The fourth-order valence-electron chi connectivity index (χ4n) is 4.20. The molecule has 3 aromatic rings. The Morgan fingerprint density at radius 2 is 1.91 bits per heavy atom. The summed E-state index contributed by atoms with van der Waals surface area (Å²) in [5, 5.41) is 0.195. The van der Waals surface area contributed by atoms with Crippen LogP contribution in [0.5, 0.6) is 0 Å². The number of para-hydroxylation sites is 1. The van der Waals surface area contributed by atoms with E-state index >= 15 is 0 Å².